The van der Waals surface area contributed by atoms with E-state index in [1.165, 1.54) is 0 Å². The molecule has 6 nitrogen and oxygen atoms in total. The van der Waals surface area contributed by atoms with E-state index < -0.39 is 0 Å². The molecule has 1 aliphatic rings. The topological polar surface area (TPSA) is 67.2 Å². The third-order valence-electron chi connectivity index (χ3n) is 5.99. The van der Waals surface area contributed by atoms with Crippen molar-refractivity contribution in [2.24, 2.45) is 5.92 Å². The predicted molar refractivity (Wildman–Crippen MR) is 126 cm³/mol. The van der Waals surface area contributed by atoms with E-state index in [1.54, 1.807) is 4.90 Å². The summed E-state index contributed by atoms with van der Waals surface area (Å²) >= 11 is 0. The minimum Gasteiger partial charge on any atom is -0.331 e. The van der Waals surface area contributed by atoms with Crippen molar-refractivity contribution in [2.45, 2.75) is 45.6 Å². The number of nitrogens with one attached hydrogen (secondary N) is 1. The second kappa shape index (κ2) is 9.81. The summed E-state index contributed by atoms with van der Waals surface area (Å²) in [6, 6.07) is 19.6. The standard InChI is InChI=1S/C26H30N4O2/c1-19(2)29(25(32)21-13-9-10-14-21)18-24(31)28-26-27-23(20-11-5-3-6-12-20)17-30(26)22-15-7-4-8-16-22/h3-8,11-12,15-17,19,21H,9-10,13-14,18H2,1-2H3,(H,27,28,31). The summed E-state index contributed by atoms with van der Waals surface area (Å²) in [5.74, 6) is 0.328. The third kappa shape index (κ3) is 4.90. The monoisotopic (exact) mass is 430 g/mol. The summed E-state index contributed by atoms with van der Waals surface area (Å²) in [5, 5.41) is 2.95. The largest absolute Gasteiger partial charge is 0.331 e. The molecule has 6 heteroatoms. The Balaban J connectivity index is 1.57. The lowest BCUT2D eigenvalue weighted by molar-refractivity contribution is -0.140. The third-order valence-corrected chi connectivity index (χ3v) is 5.99. The number of imidazole rings is 1. The summed E-state index contributed by atoms with van der Waals surface area (Å²) in [5.41, 5.74) is 2.64. The maximum atomic E-state index is 13.0. The normalized spacial score (nSPS) is 14.0. The van der Waals surface area contributed by atoms with Gasteiger partial charge in [0.25, 0.3) is 0 Å². The van der Waals surface area contributed by atoms with Crippen LogP contribution in [-0.4, -0.2) is 38.9 Å². The van der Waals surface area contributed by atoms with Crippen LogP contribution in [0, 0.1) is 5.92 Å². The molecule has 1 aromatic heterocycles. The molecule has 0 bridgehead atoms. The van der Waals surface area contributed by atoms with Crippen LogP contribution in [0.1, 0.15) is 39.5 Å². The predicted octanol–water partition coefficient (Wildman–Crippen LogP) is 4.91. The van der Waals surface area contributed by atoms with Gasteiger partial charge in [-0.3, -0.25) is 19.5 Å². The number of nitrogens with zero attached hydrogens (tertiary/aromatic N) is 3. The molecule has 0 saturated heterocycles. The molecular weight excluding hydrogens is 400 g/mol. The van der Waals surface area contributed by atoms with Gasteiger partial charge in [0, 0.05) is 29.4 Å². The van der Waals surface area contributed by atoms with E-state index in [4.69, 9.17) is 4.98 Å². The highest BCUT2D eigenvalue weighted by Gasteiger charge is 2.30. The highest BCUT2D eigenvalue weighted by molar-refractivity contribution is 5.94. The second-order valence-corrected chi connectivity index (χ2v) is 8.61. The minimum atomic E-state index is -0.243. The summed E-state index contributed by atoms with van der Waals surface area (Å²) in [6.45, 7) is 3.94. The lowest BCUT2D eigenvalue weighted by Crippen LogP contribution is -2.45. The Bertz CT molecular complexity index is 1050. The van der Waals surface area contributed by atoms with E-state index in [-0.39, 0.29) is 30.3 Å². The number of hydrogen-bond acceptors (Lipinski definition) is 3. The zero-order valence-electron chi connectivity index (χ0n) is 18.7. The number of aromatic nitrogens is 2. The first-order valence-corrected chi connectivity index (χ1v) is 11.3. The Morgan fingerprint density at radius 3 is 2.28 bits per heavy atom. The minimum absolute atomic E-state index is 0.0231. The van der Waals surface area contributed by atoms with Crippen LogP contribution in [0.25, 0.3) is 16.9 Å². The Labute approximate surface area is 189 Å². The molecule has 1 N–H and O–H groups in total. The van der Waals surface area contributed by atoms with Gasteiger partial charge in [-0.05, 0) is 38.8 Å². The highest BCUT2D eigenvalue weighted by atomic mass is 16.2. The average molecular weight is 431 g/mol. The Morgan fingerprint density at radius 2 is 1.66 bits per heavy atom. The zero-order chi connectivity index (χ0) is 22.5. The fourth-order valence-corrected chi connectivity index (χ4v) is 4.24. The van der Waals surface area contributed by atoms with Crippen molar-refractivity contribution in [3.05, 3.63) is 66.9 Å². The van der Waals surface area contributed by atoms with Crippen LogP contribution in [0.4, 0.5) is 5.95 Å². The number of amides is 2. The summed E-state index contributed by atoms with van der Waals surface area (Å²) in [4.78, 5) is 32.4. The molecule has 4 rings (SSSR count). The molecule has 1 saturated carbocycles. The Hall–Kier alpha value is -3.41. The van der Waals surface area contributed by atoms with Crippen LogP contribution >= 0.6 is 0 Å². The first-order valence-electron chi connectivity index (χ1n) is 11.3. The van der Waals surface area contributed by atoms with Crippen molar-refractivity contribution in [2.75, 3.05) is 11.9 Å². The van der Waals surface area contributed by atoms with Crippen LogP contribution in [-0.2, 0) is 9.59 Å². The van der Waals surface area contributed by atoms with Gasteiger partial charge in [-0.1, -0.05) is 61.4 Å². The van der Waals surface area contributed by atoms with Crippen LogP contribution in [0.2, 0.25) is 0 Å². The zero-order valence-corrected chi connectivity index (χ0v) is 18.7. The average Bonchev–Trinajstić information content (AvgIpc) is 3.49. The van der Waals surface area contributed by atoms with Gasteiger partial charge in [0.05, 0.1) is 5.69 Å². The maximum absolute atomic E-state index is 13.0. The number of anilines is 1. The van der Waals surface area contributed by atoms with Crippen molar-refractivity contribution in [1.82, 2.24) is 14.5 Å². The van der Waals surface area contributed by atoms with E-state index >= 15 is 0 Å². The van der Waals surface area contributed by atoms with Crippen LogP contribution in [0.5, 0.6) is 0 Å². The number of rotatable bonds is 7. The van der Waals surface area contributed by atoms with E-state index in [9.17, 15) is 9.59 Å². The lowest BCUT2D eigenvalue weighted by atomic mass is 10.1. The highest BCUT2D eigenvalue weighted by Crippen LogP contribution is 2.28. The molecule has 2 amide bonds. The van der Waals surface area contributed by atoms with Crippen molar-refractivity contribution >= 4 is 17.8 Å². The van der Waals surface area contributed by atoms with Gasteiger partial charge in [-0.25, -0.2) is 4.98 Å². The van der Waals surface area contributed by atoms with Crippen molar-refractivity contribution < 1.29 is 9.59 Å². The number of carbonyl (C=O) groups is 2. The summed E-state index contributed by atoms with van der Waals surface area (Å²) in [7, 11) is 0. The van der Waals surface area contributed by atoms with Gasteiger partial charge in [0.2, 0.25) is 17.8 Å². The number of carbonyl (C=O) groups excluding carboxylic acids is 2. The molecule has 1 heterocycles. The molecule has 32 heavy (non-hydrogen) atoms. The smallest absolute Gasteiger partial charge is 0.246 e. The molecule has 1 aliphatic carbocycles. The molecule has 0 aliphatic heterocycles. The van der Waals surface area contributed by atoms with Gasteiger partial charge >= 0.3 is 0 Å². The van der Waals surface area contributed by atoms with E-state index in [2.05, 4.69) is 5.32 Å². The van der Waals surface area contributed by atoms with Crippen molar-refractivity contribution in [3.8, 4) is 16.9 Å². The SMILES string of the molecule is CC(C)N(CC(=O)Nc1nc(-c2ccccc2)cn1-c1ccccc1)C(=O)C1CCCC1. The molecule has 1 fully saturated rings. The fraction of sp³-hybridized carbons (Fsp3) is 0.346. The van der Waals surface area contributed by atoms with Gasteiger partial charge in [0.15, 0.2) is 0 Å². The number of hydrogen-bond donors (Lipinski definition) is 1. The van der Waals surface area contributed by atoms with Gasteiger partial charge in [0.1, 0.15) is 6.54 Å². The molecule has 0 radical (unpaired) electrons. The first kappa shape index (κ1) is 21.8. The fourth-order valence-electron chi connectivity index (χ4n) is 4.24. The summed E-state index contributed by atoms with van der Waals surface area (Å²) in [6.07, 6.45) is 5.94. The quantitative estimate of drug-likeness (QED) is 0.579. The molecule has 0 unspecified atom stereocenters. The molecule has 3 aromatic rings. The molecular formula is C26H30N4O2. The Kier molecular flexibility index (Phi) is 6.69. The maximum Gasteiger partial charge on any atom is 0.246 e. The Morgan fingerprint density at radius 1 is 1.03 bits per heavy atom. The van der Waals surface area contributed by atoms with E-state index in [0.29, 0.717) is 5.95 Å². The van der Waals surface area contributed by atoms with E-state index in [0.717, 1.165) is 42.6 Å². The van der Waals surface area contributed by atoms with E-state index in [1.807, 2.05) is 85.3 Å². The molecule has 0 spiro atoms. The first-order chi connectivity index (χ1) is 15.5. The second-order valence-electron chi connectivity index (χ2n) is 8.61. The van der Waals surface area contributed by atoms with Crippen LogP contribution in [0.3, 0.4) is 0 Å². The van der Waals surface area contributed by atoms with Gasteiger partial charge in [-0.15, -0.1) is 0 Å². The summed E-state index contributed by atoms with van der Waals surface area (Å²) < 4.78 is 1.87. The number of para-hydroxylation sites is 1. The van der Waals surface area contributed by atoms with Crippen molar-refractivity contribution in [3.63, 3.8) is 0 Å². The van der Waals surface area contributed by atoms with Gasteiger partial charge in [-0.2, -0.15) is 0 Å². The molecule has 166 valence electrons. The van der Waals surface area contributed by atoms with Crippen LogP contribution in [0.15, 0.2) is 66.9 Å². The van der Waals surface area contributed by atoms with Crippen molar-refractivity contribution in [1.29, 1.82) is 0 Å². The van der Waals surface area contributed by atoms with Crippen LogP contribution < -0.4 is 5.32 Å². The number of benzene rings is 2. The molecule has 0 atom stereocenters. The lowest BCUT2D eigenvalue weighted by Gasteiger charge is -2.28. The molecule has 2 aromatic carbocycles. The van der Waals surface area contributed by atoms with Gasteiger partial charge < -0.3 is 4.90 Å².